The van der Waals surface area contributed by atoms with Gasteiger partial charge >= 0.3 is 0 Å². The molecule has 0 amide bonds. The first-order valence-corrected chi connectivity index (χ1v) is 5.51. The van der Waals surface area contributed by atoms with Gasteiger partial charge in [-0.15, -0.1) is 0 Å². The smallest absolute Gasteiger partial charge is 0.157 e. The maximum Gasteiger partial charge on any atom is 0.157 e. The van der Waals surface area contributed by atoms with Crippen molar-refractivity contribution in [3.8, 4) is 11.5 Å². The molecule has 1 aromatic rings. The van der Waals surface area contributed by atoms with Gasteiger partial charge < -0.3 is 21.1 Å². The highest BCUT2D eigenvalue weighted by atomic mass is 16.3. The van der Waals surface area contributed by atoms with Crippen LogP contribution in [0.3, 0.4) is 0 Å². The average molecular weight is 223 g/mol. The average Bonchev–Trinajstić information content (AvgIpc) is 2.26. The Morgan fingerprint density at radius 3 is 2.31 bits per heavy atom. The van der Waals surface area contributed by atoms with Crippen LogP contribution in [0.15, 0.2) is 18.2 Å². The molecule has 1 saturated carbocycles. The zero-order valence-corrected chi connectivity index (χ0v) is 9.06. The van der Waals surface area contributed by atoms with Crippen LogP contribution in [0, 0.1) is 0 Å². The van der Waals surface area contributed by atoms with Crippen molar-refractivity contribution in [2.75, 3.05) is 0 Å². The second-order valence-corrected chi connectivity index (χ2v) is 4.59. The molecule has 2 rings (SSSR count). The lowest BCUT2D eigenvalue weighted by atomic mass is 9.76. The van der Waals surface area contributed by atoms with Crippen LogP contribution in [0.4, 0.5) is 0 Å². The van der Waals surface area contributed by atoms with E-state index in [4.69, 9.17) is 5.73 Å². The van der Waals surface area contributed by atoms with E-state index in [0.29, 0.717) is 25.7 Å². The Labute approximate surface area is 94.3 Å². The van der Waals surface area contributed by atoms with E-state index in [2.05, 4.69) is 0 Å². The summed E-state index contributed by atoms with van der Waals surface area (Å²) in [4.78, 5) is 0. The van der Waals surface area contributed by atoms with Crippen LogP contribution in [0.5, 0.6) is 11.5 Å². The van der Waals surface area contributed by atoms with E-state index in [1.807, 2.05) is 0 Å². The molecule has 4 heteroatoms. The predicted octanol–water partition coefficient (Wildman–Crippen LogP) is 1.19. The molecule has 1 aliphatic rings. The number of aliphatic hydroxyl groups is 1. The molecule has 0 aliphatic heterocycles. The van der Waals surface area contributed by atoms with Crippen LogP contribution >= 0.6 is 0 Å². The van der Waals surface area contributed by atoms with E-state index in [1.54, 1.807) is 6.07 Å². The fourth-order valence-corrected chi connectivity index (χ4v) is 2.24. The van der Waals surface area contributed by atoms with Gasteiger partial charge in [-0.1, -0.05) is 6.07 Å². The van der Waals surface area contributed by atoms with Gasteiger partial charge in [-0.05, 0) is 43.4 Å². The summed E-state index contributed by atoms with van der Waals surface area (Å²) >= 11 is 0. The van der Waals surface area contributed by atoms with Crippen molar-refractivity contribution in [2.24, 2.45) is 5.73 Å². The molecule has 0 spiro atoms. The molecule has 5 N–H and O–H groups in total. The Morgan fingerprint density at radius 2 is 1.75 bits per heavy atom. The molecule has 1 aliphatic carbocycles. The van der Waals surface area contributed by atoms with Crippen LogP contribution in [0.1, 0.15) is 31.2 Å². The number of aliphatic hydroxyl groups excluding tert-OH is 1. The number of hydrogen-bond acceptors (Lipinski definition) is 4. The molecule has 4 nitrogen and oxygen atoms in total. The molecule has 1 fully saturated rings. The molecule has 0 aromatic heterocycles. The van der Waals surface area contributed by atoms with Gasteiger partial charge in [0.15, 0.2) is 11.5 Å². The highest BCUT2D eigenvalue weighted by Crippen LogP contribution is 2.37. The fourth-order valence-electron chi connectivity index (χ4n) is 2.24. The molecular weight excluding hydrogens is 206 g/mol. The quantitative estimate of drug-likeness (QED) is 0.538. The number of hydrogen-bond donors (Lipinski definition) is 4. The third-order valence-electron chi connectivity index (χ3n) is 3.40. The van der Waals surface area contributed by atoms with Gasteiger partial charge in [-0.2, -0.15) is 0 Å². The van der Waals surface area contributed by atoms with Crippen molar-refractivity contribution in [1.82, 2.24) is 0 Å². The predicted molar refractivity (Wildman–Crippen MR) is 60.1 cm³/mol. The van der Waals surface area contributed by atoms with Crippen molar-refractivity contribution < 1.29 is 15.3 Å². The van der Waals surface area contributed by atoms with Crippen LogP contribution in [-0.4, -0.2) is 21.4 Å². The maximum atomic E-state index is 9.44. The first-order valence-electron chi connectivity index (χ1n) is 5.51. The molecule has 0 heterocycles. The van der Waals surface area contributed by atoms with Crippen LogP contribution in [-0.2, 0) is 5.54 Å². The standard InChI is InChI=1S/C12H17NO3/c13-12(5-3-9(14)4-6-12)8-1-2-10(15)11(16)7-8/h1-2,7,9,14-16H,3-6,13H2. The molecule has 88 valence electrons. The van der Waals surface area contributed by atoms with Crippen molar-refractivity contribution >= 4 is 0 Å². The third-order valence-corrected chi connectivity index (χ3v) is 3.40. The largest absolute Gasteiger partial charge is 0.504 e. The summed E-state index contributed by atoms with van der Waals surface area (Å²) < 4.78 is 0. The van der Waals surface area contributed by atoms with E-state index in [1.165, 1.54) is 12.1 Å². The summed E-state index contributed by atoms with van der Waals surface area (Å²) in [6.45, 7) is 0. The number of aromatic hydroxyl groups is 2. The topological polar surface area (TPSA) is 86.7 Å². The monoisotopic (exact) mass is 223 g/mol. The second-order valence-electron chi connectivity index (χ2n) is 4.59. The Bertz CT molecular complexity index is 384. The van der Waals surface area contributed by atoms with Crippen molar-refractivity contribution in [2.45, 2.75) is 37.3 Å². The number of phenolic OH excluding ortho intramolecular Hbond substituents is 2. The van der Waals surface area contributed by atoms with Crippen molar-refractivity contribution in [1.29, 1.82) is 0 Å². The normalized spacial score (nSPS) is 30.2. The molecular formula is C12H17NO3. The number of benzene rings is 1. The fraction of sp³-hybridized carbons (Fsp3) is 0.500. The summed E-state index contributed by atoms with van der Waals surface area (Å²) in [6, 6.07) is 4.68. The lowest BCUT2D eigenvalue weighted by Gasteiger charge is -2.36. The molecule has 0 bridgehead atoms. The van der Waals surface area contributed by atoms with Gasteiger partial charge in [0.25, 0.3) is 0 Å². The van der Waals surface area contributed by atoms with Crippen molar-refractivity contribution in [3.63, 3.8) is 0 Å². The van der Waals surface area contributed by atoms with Gasteiger partial charge in [-0.3, -0.25) is 0 Å². The van der Waals surface area contributed by atoms with Gasteiger partial charge in [0, 0.05) is 5.54 Å². The molecule has 0 atom stereocenters. The summed E-state index contributed by atoms with van der Waals surface area (Å²) in [5.74, 6) is -0.281. The van der Waals surface area contributed by atoms with E-state index < -0.39 is 5.54 Å². The minimum atomic E-state index is -0.496. The summed E-state index contributed by atoms with van der Waals surface area (Å²) in [6.07, 6.45) is 2.48. The Balaban J connectivity index is 2.25. The lowest BCUT2D eigenvalue weighted by molar-refractivity contribution is 0.0968. The van der Waals surface area contributed by atoms with Gasteiger partial charge in [0.1, 0.15) is 0 Å². The van der Waals surface area contributed by atoms with E-state index >= 15 is 0 Å². The number of phenols is 2. The SMILES string of the molecule is NC1(c2ccc(O)c(O)c2)CCC(O)CC1. The Kier molecular flexibility index (Phi) is 2.78. The summed E-state index contributed by atoms with van der Waals surface area (Å²) in [5, 5.41) is 28.1. The van der Waals surface area contributed by atoms with Crippen LogP contribution in [0.2, 0.25) is 0 Å². The van der Waals surface area contributed by atoms with Crippen molar-refractivity contribution in [3.05, 3.63) is 23.8 Å². The first kappa shape index (κ1) is 11.2. The van der Waals surface area contributed by atoms with Gasteiger partial charge in [-0.25, -0.2) is 0 Å². The molecule has 0 radical (unpaired) electrons. The lowest BCUT2D eigenvalue weighted by Crippen LogP contribution is -2.41. The zero-order valence-electron chi connectivity index (χ0n) is 9.06. The summed E-state index contributed by atoms with van der Waals surface area (Å²) in [5.41, 5.74) is 6.58. The molecule has 0 unspecified atom stereocenters. The zero-order chi connectivity index (χ0) is 11.8. The van der Waals surface area contributed by atoms with Gasteiger partial charge in [0.05, 0.1) is 6.10 Å². The van der Waals surface area contributed by atoms with E-state index in [-0.39, 0.29) is 17.6 Å². The van der Waals surface area contributed by atoms with E-state index in [9.17, 15) is 15.3 Å². The third kappa shape index (κ3) is 1.99. The maximum absolute atomic E-state index is 9.44. The van der Waals surface area contributed by atoms with E-state index in [0.717, 1.165) is 5.56 Å². The van der Waals surface area contributed by atoms with Crippen LogP contribution in [0.25, 0.3) is 0 Å². The molecule has 0 saturated heterocycles. The molecule has 1 aromatic carbocycles. The Morgan fingerprint density at radius 1 is 1.12 bits per heavy atom. The Hall–Kier alpha value is -1.26. The second kappa shape index (κ2) is 3.96. The van der Waals surface area contributed by atoms with Gasteiger partial charge in [0.2, 0.25) is 0 Å². The molecule has 16 heavy (non-hydrogen) atoms. The minimum Gasteiger partial charge on any atom is -0.504 e. The van der Waals surface area contributed by atoms with Crippen LogP contribution < -0.4 is 5.73 Å². The minimum absolute atomic E-state index is 0.136. The number of rotatable bonds is 1. The highest BCUT2D eigenvalue weighted by Gasteiger charge is 2.32. The summed E-state index contributed by atoms with van der Waals surface area (Å²) in [7, 11) is 0. The first-order chi connectivity index (χ1) is 7.51. The highest BCUT2D eigenvalue weighted by molar-refractivity contribution is 5.43. The number of nitrogens with two attached hydrogens (primary N) is 1.